The van der Waals surface area contributed by atoms with Gasteiger partial charge in [-0.05, 0) is 41.9 Å². The molecule has 0 radical (unpaired) electrons. The summed E-state index contributed by atoms with van der Waals surface area (Å²) < 4.78 is 27.3. The zero-order valence-electron chi connectivity index (χ0n) is 11.0. The number of likely N-dealkylation sites (N-methyl/N-ethyl adjacent to an activating group) is 1. The van der Waals surface area contributed by atoms with Crippen molar-refractivity contribution < 1.29 is 13.6 Å². The number of nitrogens with zero attached hydrogens (tertiary/aromatic N) is 1. The van der Waals surface area contributed by atoms with Crippen LogP contribution >= 0.6 is 15.9 Å². The third-order valence-electron chi connectivity index (χ3n) is 2.83. The summed E-state index contributed by atoms with van der Waals surface area (Å²) in [5.74, 6) is -1.34. The number of hydrogen-bond donors (Lipinski definition) is 1. The molecule has 0 spiro atoms. The van der Waals surface area contributed by atoms with Gasteiger partial charge in [0.25, 0.3) is 0 Å². The molecule has 0 saturated carbocycles. The van der Waals surface area contributed by atoms with Crippen molar-refractivity contribution in [3.8, 4) is 0 Å². The van der Waals surface area contributed by atoms with Crippen molar-refractivity contribution >= 4 is 21.8 Å². The molecule has 1 N–H and O–H groups in total. The molecule has 1 amide bonds. The average Bonchev–Trinajstić information content (AvgIpc) is 2.39. The molecule has 1 aromatic carbocycles. The Balaban J connectivity index is 2.59. The fourth-order valence-corrected chi connectivity index (χ4v) is 2.09. The van der Waals surface area contributed by atoms with E-state index in [0.717, 1.165) is 0 Å². The van der Waals surface area contributed by atoms with E-state index in [-0.39, 0.29) is 29.0 Å². The molecule has 0 atom stereocenters. The second-order valence-corrected chi connectivity index (χ2v) is 4.85. The Morgan fingerprint density at radius 1 is 1.32 bits per heavy atom. The van der Waals surface area contributed by atoms with E-state index in [2.05, 4.69) is 21.2 Å². The van der Waals surface area contributed by atoms with Crippen molar-refractivity contribution in [2.45, 2.75) is 20.4 Å². The van der Waals surface area contributed by atoms with E-state index in [1.165, 1.54) is 12.1 Å². The van der Waals surface area contributed by atoms with Crippen LogP contribution in [0.1, 0.15) is 19.4 Å². The number of carbonyl (C=O) groups excluding carboxylic acids is 1. The van der Waals surface area contributed by atoms with Crippen molar-refractivity contribution in [1.29, 1.82) is 0 Å². The summed E-state index contributed by atoms with van der Waals surface area (Å²) in [6.07, 6.45) is 0. The van der Waals surface area contributed by atoms with Gasteiger partial charge in [0.2, 0.25) is 5.91 Å². The molecule has 0 saturated heterocycles. The second kappa shape index (κ2) is 7.55. The topological polar surface area (TPSA) is 32.3 Å². The van der Waals surface area contributed by atoms with Crippen LogP contribution in [-0.4, -0.2) is 30.4 Å². The average molecular weight is 335 g/mol. The number of benzene rings is 1. The molecule has 0 aromatic heterocycles. The quantitative estimate of drug-likeness (QED) is 0.811. The lowest BCUT2D eigenvalue weighted by molar-refractivity contribution is -0.129. The van der Waals surface area contributed by atoms with E-state index >= 15 is 0 Å². The Kier molecular flexibility index (Phi) is 6.37. The Labute approximate surface area is 120 Å². The highest BCUT2D eigenvalue weighted by Crippen LogP contribution is 2.21. The molecule has 0 heterocycles. The zero-order chi connectivity index (χ0) is 14.4. The molecule has 0 aliphatic carbocycles. The number of nitrogens with one attached hydrogen (secondary N) is 1. The van der Waals surface area contributed by atoms with Gasteiger partial charge in [0.1, 0.15) is 11.6 Å². The fraction of sp³-hybridized carbons (Fsp3) is 0.462. The molecular weight excluding hydrogens is 318 g/mol. The van der Waals surface area contributed by atoms with Gasteiger partial charge >= 0.3 is 0 Å². The number of rotatable bonds is 6. The Morgan fingerprint density at radius 3 is 2.53 bits per heavy atom. The number of hydrogen-bond acceptors (Lipinski definition) is 2. The van der Waals surface area contributed by atoms with Gasteiger partial charge in [-0.1, -0.05) is 0 Å². The monoisotopic (exact) mass is 334 g/mol. The number of carbonyl (C=O) groups is 1. The molecule has 0 fully saturated rings. The summed E-state index contributed by atoms with van der Waals surface area (Å²) in [5, 5.41) is 2.77. The molecule has 106 valence electrons. The summed E-state index contributed by atoms with van der Waals surface area (Å²) in [7, 11) is 0. The smallest absolute Gasteiger partial charge is 0.236 e. The molecule has 19 heavy (non-hydrogen) atoms. The van der Waals surface area contributed by atoms with Gasteiger partial charge < -0.3 is 10.2 Å². The third-order valence-corrected chi connectivity index (χ3v) is 3.45. The highest BCUT2D eigenvalue weighted by molar-refractivity contribution is 9.10. The Hall–Kier alpha value is -1.01. The van der Waals surface area contributed by atoms with Crippen LogP contribution in [-0.2, 0) is 11.3 Å². The lowest BCUT2D eigenvalue weighted by atomic mass is 10.2. The molecule has 0 bridgehead atoms. The van der Waals surface area contributed by atoms with Crippen LogP contribution in [0.4, 0.5) is 8.78 Å². The molecule has 0 unspecified atom stereocenters. The van der Waals surface area contributed by atoms with Crippen LogP contribution in [0.3, 0.4) is 0 Å². The van der Waals surface area contributed by atoms with E-state index in [1.807, 2.05) is 13.8 Å². The van der Waals surface area contributed by atoms with Gasteiger partial charge in [0.15, 0.2) is 0 Å². The maximum Gasteiger partial charge on any atom is 0.236 e. The number of amides is 1. The third kappa shape index (κ3) is 4.24. The van der Waals surface area contributed by atoms with E-state index in [9.17, 15) is 13.6 Å². The summed E-state index contributed by atoms with van der Waals surface area (Å²) >= 11 is 3.00. The maximum absolute atomic E-state index is 13.7. The normalized spacial score (nSPS) is 10.6. The van der Waals surface area contributed by atoms with Gasteiger partial charge in [-0.2, -0.15) is 0 Å². The molecule has 6 heteroatoms. The van der Waals surface area contributed by atoms with E-state index in [1.54, 1.807) is 4.90 Å². The van der Waals surface area contributed by atoms with Gasteiger partial charge in [0.05, 0.1) is 11.0 Å². The van der Waals surface area contributed by atoms with Crippen molar-refractivity contribution in [2.75, 3.05) is 19.6 Å². The van der Waals surface area contributed by atoms with Crippen LogP contribution in [0.15, 0.2) is 16.6 Å². The summed E-state index contributed by atoms with van der Waals surface area (Å²) in [6.45, 7) is 5.05. The predicted molar refractivity (Wildman–Crippen MR) is 73.7 cm³/mol. The minimum Gasteiger partial charge on any atom is -0.342 e. The molecule has 0 aliphatic heterocycles. The first kappa shape index (κ1) is 16.0. The summed E-state index contributed by atoms with van der Waals surface area (Å²) in [6, 6.07) is 2.51. The van der Waals surface area contributed by atoms with Crippen LogP contribution in [0.2, 0.25) is 0 Å². The largest absolute Gasteiger partial charge is 0.342 e. The van der Waals surface area contributed by atoms with Gasteiger partial charge in [0, 0.05) is 25.2 Å². The van der Waals surface area contributed by atoms with Crippen LogP contribution < -0.4 is 5.32 Å². The van der Waals surface area contributed by atoms with Gasteiger partial charge in [-0.3, -0.25) is 4.79 Å². The van der Waals surface area contributed by atoms with E-state index < -0.39 is 11.6 Å². The molecule has 3 nitrogen and oxygen atoms in total. The first-order valence-corrected chi connectivity index (χ1v) is 6.91. The zero-order valence-corrected chi connectivity index (χ0v) is 12.6. The van der Waals surface area contributed by atoms with Crippen molar-refractivity contribution in [3.63, 3.8) is 0 Å². The first-order valence-electron chi connectivity index (χ1n) is 6.12. The molecular formula is C13H17BrF2N2O. The second-order valence-electron chi connectivity index (χ2n) is 3.99. The maximum atomic E-state index is 13.7. The SMILES string of the molecule is CCN(CC)C(=O)CNCc1c(F)ccc(Br)c1F. The standard InChI is InChI=1S/C13H17BrF2N2O/c1-3-18(4-2)12(19)8-17-7-9-11(15)6-5-10(14)13(9)16/h5-6,17H,3-4,7-8H2,1-2H3. The van der Waals surface area contributed by atoms with Crippen molar-refractivity contribution in [1.82, 2.24) is 10.2 Å². The minimum atomic E-state index is -0.636. The Bertz CT molecular complexity index is 451. The predicted octanol–water partition coefficient (Wildman–Crippen LogP) is 2.69. The van der Waals surface area contributed by atoms with Crippen LogP contribution in [0, 0.1) is 11.6 Å². The first-order chi connectivity index (χ1) is 9.01. The van der Waals surface area contributed by atoms with E-state index in [0.29, 0.717) is 13.1 Å². The van der Waals surface area contributed by atoms with E-state index in [4.69, 9.17) is 0 Å². The molecule has 1 aromatic rings. The van der Waals surface area contributed by atoms with Crippen molar-refractivity contribution in [2.24, 2.45) is 0 Å². The van der Waals surface area contributed by atoms with Crippen LogP contribution in [0.5, 0.6) is 0 Å². The lowest BCUT2D eigenvalue weighted by Crippen LogP contribution is -2.37. The highest BCUT2D eigenvalue weighted by atomic mass is 79.9. The summed E-state index contributed by atoms with van der Waals surface area (Å²) in [4.78, 5) is 13.4. The minimum absolute atomic E-state index is 0.0237. The van der Waals surface area contributed by atoms with Gasteiger partial charge in [-0.15, -0.1) is 0 Å². The fourth-order valence-electron chi connectivity index (χ4n) is 1.71. The van der Waals surface area contributed by atoms with Crippen molar-refractivity contribution in [3.05, 3.63) is 33.8 Å². The number of halogens is 3. The highest BCUT2D eigenvalue weighted by Gasteiger charge is 2.13. The molecule has 1 rings (SSSR count). The molecule has 0 aliphatic rings. The summed E-state index contributed by atoms with van der Waals surface area (Å²) in [5.41, 5.74) is -0.0679. The van der Waals surface area contributed by atoms with Gasteiger partial charge in [-0.25, -0.2) is 8.78 Å². The van der Waals surface area contributed by atoms with Crippen LogP contribution in [0.25, 0.3) is 0 Å². The lowest BCUT2D eigenvalue weighted by Gasteiger charge is -2.18. The Morgan fingerprint density at radius 2 is 1.95 bits per heavy atom.